The lowest BCUT2D eigenvalue weighted by molar-refractivity contribution is -0.341. The molecule has 0 amide bonds. The number of hydrogen-bond acceptors (Lipinski definition) is 5. The molecular formula is C3H5O5P-2. The molecule has 1 fully saturated rings. The van der Waals surface area contributed by atoms with Gasteiger partial charge in [0.05, 0.1) is 21.0 Å². The molecule has 1 atom stereocenters. The van der Waals surface area contributed by atoms with E-state index < -0.39 is 7.82 Å². The predicted octanol–water partition coefficient (Wildman–Crippen LogP) is -1.77. The largest absolute Gasteiger partial charge is 0.790 e. The molecule has 0 saturated carbocycles. The summed E-state index contributed by atoms with van der Waals surface area (Å²) in [5, 5.41) is 0. The lowest BCUT2D eigenvalue weighted by Gasteiger charge is -2.27. The number of phosphoric acid groups is 1. The second kappa shape index (κ2) is 2.36. The van der Waals surface area contributed by atoms with Crippen molar-refractivity contribution in [2.45, 2.75) is 6.10 Å². The second-order valence-corrected chi connectivity index (χ2v) is 2.85. The molecule has 1 saturated heterocycles. The molecule has 0 radical (unpaired) electrons. The van der Waals surface area contributed by atoms with Gasteiger partial charge in [-0.2, -0.15) is 0 Å². The number of hydrogen-bond donors (Lipinski definition) is 0. The van der Waals surface area contributed by atoms with Gasteiger partial charge in [-0.3, -0.25) is 0 Å². The minimum absolute atomic E-state index is 0.135. The van der Waals surface area contributed by atoms with E-state index in [1.54, 1.807) is 0 Å². The second-order valence-electron chi connectivity index (χ2n) is 1.70. The summed E-state index contributed by atoms with van der Waals surface area (Å²) in [6, 6.07) is 0. The highest BCUT2D eigenvalue weighted by Gasteiger charge is 2.22. The maximum Gasteiger partial charge on any atom is 0.105 e. The highest BCUT2D eigenvalue weighted by molar-refractivity contribution is 7.43. The maximum atomic E-state index is 9.76. The van der Waals surface area contributed by atoms with E-state index in [2.05, 4.69) is 9.26 Å². The van der Waals surface area contributed by atoms with Crippen LogP contribution >= 0.6 is 7.82 Å². The Morgan fingerprint density at radius 2 is 2.33 bits per heavy atom. The molecule has 0 aliphatic carbocycles. The molecule has 9 heavy (non-hydrogen) atoms. The van der Waals surface area contributed by atoms with Crippen molar-refractivity contribution in [1.82, 2.24) is 0 Å². The minimum Gasteiger partial charge on any atom is -0.790 e. The van der Waals surface area contributed by atoms with Crippen LogP contribution in [0.3, 0.4) is 0 Å². The molecule has 6 heteroatoms. The first-order valence-electron chi connectivity index (χ1n) is 2.36. The Kier molecular flexibility index (Phi) is 1.88. The van der Waals surface area contributed by atoms with E-state index in [4.69, 9.17) is 0 Å². The normalized spacial score (nSPS) is 26.2. The van der Waals surface area contributed by atoms with Gasteiger partial charge >= 0.3 is 0 Å². The first kappa shape index (κ1) is 7.18. The fraction of sp³-hybridized carbons (Fsp3) is 1.00. The van der Waals surface area contributed by atoms with Crippen LogP contribution < -0.4 is 9.79 Å². The zero-order chi connectivity index (χ0) is 6.91. The molecule has 1 aliphatic rings. The number of phosphoric ester groups is 1. The lowest BCUT2D eigenvalue weighted by Crippen LogP contribution is -2.18. The smallest absolute Gasteiger partial charge is 0.105 e. The molecule has 0 bridgehead atoms. The summed E-state index contributed by atoms with van der Waals surface area (Å²) in [5.74, 6) is 0. The van der Waals surface area contributed by atoms with Crippen LogP contribution in [-0.2, 0) is 13.8 Å². The first-order chi connectivity index (χ1) is 4.08. The van der Waals surface area contributed by atoms with Crippen LogP contribution in [0, 0.1) is 0 Å². The van der Waals surface area contributed by atoms with Gasteiger partial charge < -0.3 is 23.6 Å². The molecule has 0 aromatic carbocycles. The quantitative estimate of drug-likeness (QED) is 0.353. The number of rotatable bonds is 3. The van der Waals surface area contributed by atoms with Gasteiger partial charge in [-0.25, -0.2) is 0 Å². The molecule has 1 unspecified atom stereocenters. The fourth-order valence-electron chi connectivity index (χ4n) is 0.339. The molecule has 0 aromatic rings. The van der Waals surface area contributed by atoms with Gasteiger partial charge in [0, 0.05) is 0 Å². The Labute approximate surface area is 51.8 Å². The number of ether oxygens (including phenoxy) is 1. The van der Waals surface area contributed by atoms with Crippen LogP contribution in [-0.4, -0.2) is 19.3 Å². The van der Waals surface area contributed by atoms with Crippen molar-refractivity contribution in [3.8, 4) is 0 Å². The molecule has 54 valence electrons. The Bertz CT molecular complexity index is 135. The molecule has 1 heterocycles. The summed E-state index contributed by atoms with van der Waals surface area (Å²) in [4.78, 5) is 19.5. The zero-order valence-corrected chi connectivity index (χ0v) is 5.37. The average molecular weight is 152 g/mol. The van der Waals surface area contributed by atoms with Crippen molar-refractivity contribution in [2.24, 2.45) is 0 Å². The molecule has 1 rings (SSSR count). The molecule has 0 spiro atoms. The van der Waals surface area contributed by atoms with Gasteiger partial charge in [0.25, 0.3) is 0 Å². The summed E-state index contributed by atoms with van der Waals surface area (Å²) < 4.78 is 18.2. The van der Waals surface area contributed by atoms with Crippen LogP contribution in [0.2, 0.25) is 0 Å². The van der Waals surface area contributed by atoms with Gasteiger partial charge in [-0.05, 0) is 0 Å². The highest BCUT2D eigenvalue weighted by Crippen LogP contribution is 2.26. The van der Waals surface area contributed by atoms with Crippen LogP contribution in [0.25, 0.3) is 0 Å². The highest BCUT2D eigenvalue weighted by atomic mass is 31.2. The maximum absolute atomic E-state index is 9.76. The standard InChI is InChI=1S/C3H7O5P/c4-9(5,6)8-2-3-1-7-3/h3H,1-2H2,(H2,4,5,6)/p-2. The van der Waals surface area contributed by atoms with Crippen molar-refractivity contribution in [3.63, 3.8) is 0 Å². The van der Waals surface area contributed by atoms with Gasteiger partial charge in [0.2, 0.25) is 0 Å². The van der Waals surface area contributed by atoms with E-state index in [0.29, 0.717) is 6.61 Å². The monoisotopic (exact) mass is 152 g/mol. The zero-order valence-electron chi connectivity index (χ0n) is 4.48. The van der Waals surface area contributed by atoms with Crippen LogP contribution in [0.1, 0.15) is 0 Å². The van der Waals surface area contributed by atoms with E-state index in [1.807, 2.05) is 0 Å². The summed E-state index contributed by atoms with van der Waals surface area (Å²) in [5.41, 5.74) is 0. The average Bonchev–Trinajstić information content (AvgIpc) is 2.38. The molecule has 0 N–H and O–H groups in total. The SMILES string of the molecule is O=P([O-])([O-])OCC1CO1. The van der Waals surface area contributed by atoms with Crippen molar-refractivity contribution in [3.05, 3.63) is 0 Å². The predicted molar refractivity (Wildman–Crippen MR) is 23.3 cm³/mol. The third-order valence-corrected chi connectivity index (χ3v) is 1.29. The van der Waals surface area contributed by atoms with E-state index in [0.717, 1.165) is 0 Å². The molecule has 0 aromatic heterocycles. The van der Waals surface area contributed by atoms with E-state index >= 15 is 0 Å². The van der Waals surface area contributed by atoms with Gasteiger partial charge in [-0.1, -0.05) is 0 Å². The van der Waals surface area contributed by atoms with Crippen LogP contribution in [0.5, 0.6) is 0 Å². The topological polar surface area (TPSA) is 85.0 Å². The van der Waals surface area contributed by atoms with E-state index in [9.17, 15) is 14.4 Å². The van der Waals surface area contributed by atoms with Crippen LogP contribution in [0.15, 0.2) is 0 Å². The third-order valence-electron chi connectivity index (χ3n) is 0.821. The van der Waals surface area contributed by atoms with Gasteiger partial charge in [0.1, 0.15) is 6.10 Å². The summed E-state index contributed by atoms with van der Waals surface area (Å²) in [7, 11) is -4.76. The van der Waals surface area contributed by atoms with Crippen molar-refractivity contribution < 1.29 is 23.6 Å². The van der Waals surface area contributed by atoms with Crippen LogP contribution in [0.4, 0.5) is 0 Å². The van der Waals surface area contributed by atoms with Crippen molar-refractivity contribution in [2.75, 3.05) is 13.2 Å². The molecular weight excluding hydrogens is 147 g/mol. The van der Waals surface area contributed by atoms with Crippen molar-refractivity contribution in [1.29, 1.82) is 0 Å². The Balaban J connectivity index is 2.10. The lowest BCUT2D eigenvalue weighted by atomic mass is 10.5. The summed E-state index contributed by atoms with van der Waals surface area (Å²) in [6.45, 7) is 0.351. The van der Waals surface area contributed by atoms with Gasteiger partial charge in [0.15, 0.2) is 0 Å². The minimum atomic E-state index is -4.76. The first-order valence-corrected chi connectivity index (χ1v) is 3.82. The van der Waals surface area contributed by atoms with E-state index in [-0.39, 0.29) is 12.7 Å². The summed E-state index contributed by atoms with van der Waals surface area (Å²) in [6.07, 6.45) is -0.179. The third kappa shape index (κ3) is 3.61. The van der Waals surface area contributed by atoms with Crippen molar-refractivity contribution >= 4 is 7.82 Å². The molecule has 5 nitrogen and oxygen atoms in total. The van der Waals surface area contributed by atoms with E-state index in [1.165, 1.54) is 0 Å². The van der Waals surface area contributed by atoms with Gasteiger partial charge in [-0.15, -0.1) is 0 Å². The summed E-state index contributed by atoms with van der Waals surface area (Å²) >= 11 is 0. The Hall–Kier alpha value is 0.0700. The fourth-order valence-corrected chi connectivity index (χ4v) is 0.688. The Morgan fingerprint density at radius 3 is 2.67 bits per heavy atom. The Morgan fingerprint density at radius 1 is 1.78 bits per heavy atom. The molecule has 1 aliphatic heterocycles. The number of epoxide rings is 1.